The van der Waals surface area contributed by atoms with Crippen LogP contribution in [0.15, 0.2) is 18.2 Å². The molecule has 0 atom stereocenters. The Labute approximate surface area is 117 Å². The van der Waals surface area contributed by atoms with Crippen molar-refractivity contribution in [1.29, 1.82) is 5.26 Å². The van der Waals surface area contributed by atoms with E-state index in [4.69, 9.17) is 14.7 Å². The van der Waals surface area contributed by atoms with Crippen molar-refractivity contribution in [3.8, 4) is 6.07 Å². The maximum Gasteiger partial charge on any atom is 0.170 e. The van der Waals surface area contributed by atoms with Gasteiger partial charge < -0.3 is 9.47 Å². The molecule has 3 rings (SSSR count). The predicted molar refractivity (Wildman–Crippen MR) is 70.3 cm³/mol. The molecule has 0 unspecified atom stereocenters. The van der Waals surface area contributed by atoms with Crippen molar-refractivity contribution in [2.24, 2.45) is 0 Å². The summed E-state index contributed by atoms with van der Waals surface area (Å²) in [5.41, 5.74) is 1.29. The zero-order chi connectivity index (χ0) is 14.0. The second kappa shape index (κ2) is 5.49. The SMILES string of the molecule is N#Cc1ccc(F)cc1CN1CCC2(CC1)OCCO2. The Hall–Kier alpha value is -1.48. The Bertz CT molecular complexity index is 525. The molecule has 0 aromatic heterocycles. The number of halogens is 1. The Morgan fingerprint density at radius 1 is 1.25 bits per heavy atom. The fraction of sp³-hybridized carbons (Fsp3) is 0.533. The smallest absolute Gasteiger partial charge is 0.170 e. The van der Waals surface area contributed by atoms with E-state index >= 15 is 0 Å². The normalized spacial score (nSPS) is 22.0. The lowest BCUT2D eigenvalue weighted by Gasteiger charge is -2.37. The average Bonchev–Trinajstić information content (AvgIpc) is 2.90. The summed E-state index contributed by atoms with van der Waals surface area (Å²) in [6, 6.07) is 6.44. The molecule has 1 aromatic carbocycles. The van der Waals surface area contributed by atoms with Crippen LogP contribution in [0.2, 0.25) is 0 Å². The van der Waals surface area contributed by atoms with Crippen LogP contribution in [0.1, 0.15) is 24.0 Å². The number of likely N-dealkylation sites (tertiary alicyclic amines) is 1. The first-order valence-corrected chi connectivity index (χ1v) is 6.90. The second-order valence-electron chi connectivity index (χ2n) is 5.30. The minimum atomic E-state index is -0.392. The molecule has 0 bridgehead atoms. The van der Waals surface area contributed by atoms with Crippen LogP contribution in [0, 0.1) is 17.1 Å². The van der Waals surface area contributed by atoms with Crippen LogP contribution in [0.3, 0.4) is 0 Å². The van der Waals surface area contributed by atoms with E-state index in [1.54, 1.807) is 6.07 Å². The van der Waals surface area contributed by atoms with Crippen LogP contribution < -0.4 is 0 Å². The van der Waals surface area contributed by atoms with Crippen LogP contribution >= 0.6 is 0 Å². The highest BCUT2D eigenvalue weighted by Gasteiger charge is 2.39. The first-order chi connectivity index (χ1) is 9.71. The summed E-state index contributed by atoms with van der Waals surface area (Å²) < 4.78 is 24.7. The number of hydrogen-bond donors (Lipinski definition) is 0. The minimum absolute atomic E-state index is 0.296. The summed E-state index contributed by atoms with van der Waals surface area (Å²) in [6.45, 7) is 3.60. The lowest BCUT2D eigenvalue weighted by atomic mass is 10.0. The van der Waals surface area contributed by atoms with Crippen LogP contribution in [-0.4, -0.2) is 37.0 Å². The van der Waals surface area contributed by atoms with Gasteiger partial charge in [-0.1, -0.05) is 0 Å². The van der Waals surface area contributed by atoms with Gasteiger partial charge in [0, 0.05) is 32.5 Å². The highest BCUT2D eigenvalue weighted by molar-refractivity contribution is 5.37. The monoisotopic (exact) mass is 276 g/mol. The van der Waals surface area contributed by atoms with Gasteiger partial charge in [-0.25, -0.2) is 4.39 Å². The molecule has 2 heterocycles. The van der Waals surface area contributed by atoms with Crippen molar-refractivity contribution in [1.82, 2.24) is 4.90 Å². The van der Waals surface area contributed by atoms with E-state index in [0.717, 1.165) is 31.5 Å². The average molecular weight is 276 g/mol. The maximum absolute atomic E-state index is 13.3. The van der Waals surface area contributed by atoms with Gasteiger partial charge in [-0.3, -0.25) is 4.90 Å². The molecule has 1 aromatic rings. The predicted octanol–water partition coefficient (Wildman–Crippen LogP) is 2.04. The van der Waals surface area contributed by atoms with Gasteiger partial charge in [0.25, 0.3) is 0 Å². The van der Waals surface area contributed by atoms with Crippen molar-refractivity contribution in [2.75, 3.05) is 26.3 Å². The van der Waals surface area contributed by atoms with Gasteiger partial charge in [0.2, 0.25) is 0 Å². The number of rotatable bonds is 2. The first-order valence-electron chi connectivity index (χ1n) is 6.90. The lowest BCUT2D eigenvalue weighted by Crippen LogP contribution is -2.44. The number of nitriles is 1. The van der Waals surface area contributed by atoms with Gasteiger partial charge >= 0.3 is 0 Å². The molecule has 106 valence electrons. The molecule has 2 aliphatic rings. The fourth-order valence-electron chi connectivity index (χ4n) is 2.88. The van der Waals surface area contributed by atoms with E-state index in [9.17, 15) is 4.39 Å². The summed E-state index contributed by atoms with van der Waals surface area (Å²) in [7, 11) is 0. The second-order valence-corrected chi connectivity index (χ2v) is 5.30. The summed E-state index contributed by atoms with van der Waals surface area (Å²) in [5.74, 6) is -0.689. The number of benzene rings is 1. The largest absolute Gasteiger partial charge is 0.347 e. The summed E-state index contributed by atoms with van der Waals surface area (Å²) in [4.78, 5) is 2.21. The molecule has 5 heteroatoms. The molecule has 2 fully saturated rings. The summed E-state index contributed by atoms with van der Waals surface area (Å²) in [5, 5.41) is 9.08. The molecule has 2 saturated heterocycles. The van der Waals surface area contributed by atoms with E-state index in [1.165, 1.54) is 12.1 Å². The highest BCUT2D eigenvalue weighted by atomic mass is 19.1. The molecular formula is C15H17FN2O2. The quantitative estimate of drug-likeness (QED) is 0.829. The summed E-state index contributed by atoms with van der Waals surface area (Å²) in [6.07, 6.45) is 1.65. The molecule has 0 aliphatic carbocycles. The highest BCUT2D eigenvalue weighted by Crippen LogP contribution is 2.31. The van der Waals surface area contributed by atoms with Gasteiger partial charge in [0.05, 0.1) is 24.8 Å². The standard InChI is InChI=1S/C15H17FN2O2/c16-14-2-1-12(10-17)13(9-14)11-18-5-3-15(4-6-18)19-7-8-20-15/h1-2,9H,3-8,11H2. The van der Waals surface area contributed by atoms with Crippen LogP contribution in [0.4, 0.5) is 4.39 Å². The van der Waals surface area contributed by atoms with E-state index in [0.29, 0.717) is 25.3 Å². The molecule has 4 nitrogen and oxygen atoms in total. The van der Waals surface area contributed by atoms with Gasteiger partial charge in [-0.15, -0.1) is 0 Å². The van der Waals surface area contributed by atoms with Crippen LogP contribution in [0.25, 0.3) is 0 Å². The number of hydrogen-bond acceptors (Lipinski definition) is 4. The minimum Gasteiger partial charge on any atom is -0.347 e. The van der Waals surface area contributed by atoms with Crippen molar-refractivity contribution in [3.63, 3.8) is 0 Å². The van der Waals surface area contributed by atoms with E-state index in [2.05, 4.69) is 11.0 Å². The molecule has 0 N–H and O–H groups in total. The van der Waals surface area contributed by atoms with Gasteiger partial charge in [-0.2, -0.15) is 5.26 Å². The number of piperidine rings is 1. The van der Waals surface area contributed by atoms with E-state index in [1.807, 2.05) is 0 Å². The van der Waals surface area contributed by atoms with Crippen LogP contribution in [0.5, 0.6) is 0 Å². The zero-order valence-corrected chi connectivity index (χ0v) is 11.3. The Morgan fingerprint density at radius 3 is 2.60 bits per heavy atom. The Kier molecular flexibility index (Phi) is 3.70. The zero-order valence-electron chi connectivity index (χ0n) is 11.3. The summed E-state index contributed by atoms with van der Waals surface area (Å²) >= 11 is 0. The van der Waals surface area contributed by atoms with Crippen molar-refractivity contribution in [3.05, 3.63) is 35.1 Å². The topological polar surface area (TPSA) is 45.5 Å². The number of ether oxygens (including phenoxy) is 2. The van der Waals surface area contributed by atoms with Crippen molar-refractivity contribution >= 4 is 0 Å². The van der Waals surface area contributed by atoms with E-state index < -0.39 is 5.79 Å². The van der Waals surface area contributed by atoms with Gasteiger partial charge in [0.15, 0.2) is 5.79 Å². The fourth-order valence-corrected chi connectivity index (χ4v) is 2.88. The van der Waals surface area contributed by atoms with Gasteiger partial charge in [-0.05, 0) is 23.8 Å². The number of nitrogens with zero attached hydrogens (tertiary/aromatic N) is 2. The molecule has 2 aliphatic heterocycles. The van der Waals surface area contributed by atoms with Gasteiger partial charge in [0.1, 0.15) is 5.82 Å². The molecule has 20 heavy (non-hydrogen) atoms. The van der Waals surface area contributed by atoms with Crippen molar-refractivity contribution < 1.29 is 13.9 Å². The maximum atomic E-state index is 13.3. The third-order valence-electron chi connectivity index (χ3n) is 4.01. The molecule has 0 saturated carbocycles. The molecule has 0 radical (unpaired) electrons. The lowest BCUT2D eigenvalue weighted by molar-refractivity contribution is -0.185. The van der Waals surface area contributed by atoms with Crippen LogP contribution in [-0.2, 0) is 16.0 Å². The van der Waals surface area contributed by atoms with Crippen molar-refractivity contribution in [2.45, 2.75) is 25.2 Å². The Morgan fingerprint density at radius 2 is 1.95 bits per heavy atom. The third kappa shape index (κ3) is 2.68. The molecule has 0 amide bonds. The first kappa shape index (κ1) is 13.5. The molecule has 1 spiro atoms. The van der Waals surface area contributed by atoms with E-state index in [-0.39, 0.29) is 5.82 Å². The third-order valence-corrected chi connectivity index (χ3v) is 4.01. The molecular weight excluding hydrogens is 259 g/mol. The Balaban J connectivity index is 1.65.